The van der Waals surface area contributed by atoms with Crippen LogP contribution < -0.4 is 15.5 Å². The lowest BCUT2D eigenvalue weighted by atomic mass is 9.89. The highest BCUT2D eigenvalue weighted by molar-refractivity contribution is 5.89. The fraction of sp³-hybridized carbons (Fsp3) is 0.481. The van der Waals surface area contributed by atoms with Crippen LogP contribution in [0.4, 0.5) is 10.5 Å². The number of nitrogens with zero attached hydrogens (tertiary/aromatic N) is 1. The molecule has 4 rings (SSSR count). The van der Waals surface area contributed by atoms with Crippen LogP contribution in [0.25, 0.3) is 0 Å². The molecule has 7 heteroatoms. The van der Waals surface area contributed by atoms with Gasteiger partial charge in [0.15, 0.2) is 0 Å². The molecule has 0 bridgehead atoms. The standard InChI is InChI=1S/C27H35N3O4/c1-33-26(31)21-13-15-23(16-14-21)30-17-7-10-22(18-30)28-24-11-5-6-12-25(24)29-27(32)34-19-20-8-3-2-4-9-20/h2-4,8-9,13-16,22,24-25,28H,5-7,10-12,17-19H2,1H3,(H,29,32)/t22?,24-,25-/m1/s1. The minimum absolute atomic E-state index is 0.0757. The van der Waals surface area contributed by atoms with Gasteiger partial charge in [-0.05, 0) is 55.5 Å². The zero-order valence-corrected chi connectivity index (χ0v) is 19.9. The van der Waals surface area contributed by atoms with Crippen molar-refractivity contribution in [2.45, 2.75) is 63.3 Å². The molecule has 1 saturated heterocycles. The molecular weight excluding hydrogens is 430 g/mol. The van der Waals surface area contributed by atoms with Crippen molar-refractivity contribution in [1.29, 1.82) is 0 Å². The minimum Gasteiger partial charge on any atom is -0.465 e. The van der Waals surface area contributed by atoms with E-state index < -0.39 is 0 Å². The normalized spacial score (nSPS) is 22.6. The van der Waals surface area contributed by atoms with Gasteiger partial charge in [-0.1, -0.05) is 43.2 Å². The SMILES string of the molecule is COC(=O)c1ccc(N2CCCC(N[C@@H]3CCCC[C@H]3NC(=O)OCc3ccccc3)C2)cc1. The van der Waals surface area contributed by atoms with Crippen LogP contribution in [0.3, 0.4) is 0 Å². The van der Waals surface area contributed by atoms with E-state index in [1.54, 1.807) is 0 Å². The van der Waals surface area contributed by atoms with E-state index in [1.165, 1.54) is 13.5 Å². The van der Waals surface area contributed by atoms with Gasteiger partial charge in [-0.2, -0.15) is 0 Å². The number of carbonyl (C=O) groups is 2. The highest BCUT2D eigenvalue weighted by atomic mass is 16.5. The average molecular weight is 466 g/mol. The number of anilines is 1. The molecular formula is C27H35N3O4. The lowest BCUT2D eigenvalue weighted by Gasteiger charge is -2.40. The van der Waals surface area contributed by atoms with Crippen molar-refractivity contribution >= 4 is 17.7 Å². The average Bonchev–Trinajstić information content (AvgIpc) is 2.89. The molecule has 2 aromatic carbocycles. The van der Waals surface area contributed by atoms with E-state index in [1.807, 2.05) is 54.6 Å². The van der Waals surface area contributed by atoms with Crippen LogP contribution >= 0.6 is 0 Å². The van der Waals surface area contributed by atoms with Gasteiger partial charge in [0.1, 0.15) is 6.61 Å². The van der Waals surface area contributed by atoms with Crippen LogP contribution in [0.2, 0.25) is 0 Å². The molecule has 3 atom stereocenters. The number of rotatable bonds is 7. The third kappa shape index (κ3) is 6.50. The van der Waals surface area contributed by atoms with Crippen molar-refractivity contribution in [3.63, 3.8) is 0 Å². The van der Waals surface area contributed by atoms with Crippen molar-refractivity contribution in [3.8, 4) is 0 Å². The summed E-state index contributed by atoms with van der Waals surface area (Å²) >= 11 is 0. The predicted molar refractivity (Wildman–Crippen MR) is 132 cm³/mol. The molecule has 182 valence electrons. The summed E-state index contributed by atoms with van der Waals surface area (Å²) in [6, 6.07) is 18.0. The van der Waals surface area contributed by atoms with E-state index in [0.717, 1.165) is 56.4 Å². The summed E-state index contributed by atoms with van der Waals surface area (Å²) in [6.07, 6.45) is 6.15. The Labute approximate surface area is 201 Å². The molecule has 1 saturated carbocycles. The molecule has 2 N–H and O–H groups in total. The Morgan fingerprint density at radius 2 is 1.68 bits per heavy atom. The zero-order chi connectivity index (χ0) is 23.8. The number of methoxy groups -OCH3 is 1. The van der Waals surface area contributed by atoms with E-state index in [-0.39, 0.29) is 30.8 Å². The predicted octanol–water partition coefficient (Wildman–Crippen LogP) is 4.27. The van der Waals surface area contributed by atoms with Gasteiger partial charge < -0.3 is 25.0 Å². The second-order valence-corrected chi connectivity index (χ2v) is 9.19. The Morgan fingerprint density at radius 1 is 0.941 bits per heavy atom. The van der Waals surface area contributed by atoms with E-state index in [9.17, 15) is 9.59 Å². The maximum atomic E-state index is 12.5. The van der Waals surface area contributed by atoms with Gasteiger partial charge >= 0.3 is 12.1 Å². The van der Waals surface area contributed by atoms with Gasteiger partial charge in [0, 0.05) is 36.9 Å². The Balaban J connectivity index is 1.30. The summed E-state index contributed by atoms with van der Waals surface area (Å²) in [5, 5.41) is 6.95. The molecule has 0 aromatic heterocycles. The first-order valence-electron chi connectivity index (χ1n) is 12.3. The summed E-state index contributed by atoms with van der Waals surface area (Å²) < 4.78 is 10.3. The molecule has 1 aliphatic carbocycles. The van der Waals surface area contributed by atoms with Crippen LogP contribution in [0.15, 0.2) is 54.6 Å². The van der Waals surface area contributed by atoms with Gasteiger partial charge in [-0.25, -0.2) is 9.59 Å². The molecule has 34 heavy (non-hydrogen) atoms. The number of hydrogen-bond donors (Lipinski definition) is 2. The van der Waals surface area contributed by atoms with E-state index in [2.05, 4.69) is 15.5 Å². The molecule has 1 heterocycles. The summed E-state index contributed by atoms with van der Waals surface area (Å²) in [6.45, 7) is 2.18. The van der Waals surface area contributed by atoms with Gasteiger partial charge in [0.25, 0.3) is 0 Å². The molecule has 2 aliphatic rings. The molecule has 1 aliphatic heterocycles. The van der Waals surface area contributed by atoms with E-state index in [4.69, 9.17) is 9.47 Å². The number of alkyl carbamates (subject to hydrolysis) is 1. The van der Waals surface area contributed by atoms with E-state index >= 15 is 0 Å². The van der Waals surface area contributed by atoms with Crippen LogP contribution in [0, 0.1) is 0 Å². The molecule has 2 fully saturated rings. The number of esters is 1. The van der Waals surface area contributed by atoms with Crippen molar-refractivity contribution in [2.75, 3.05) is 25.1 Å². The number of amides is 1. The monoisotopic (exact) mass is 465 g/mol. The zero-order valence-electron chi connectivity index (χ0n) is 19.9. The van der Waals surface area contributed by atoms with Crippen LogP contribution in [-0.2, 0) is 16.1 Å². The first-order chi connectivity index (χ1) is 16.6. The Hall–Kier alpha value is -3.06. The number of ether oxygens (including phenoxy) is 2. The van der Waals surface area contributed by atoms with Crippen molar-refractivity contribution in [1.82, 2.24) is 10.6 Å². The Morgan fingerprint density at radius 3 is 2.41 bits per heavy atom. The summed E-state index contributed by atoms with van der Waals surface area (Å²) in [5.41, 5.74) is 2.66. The van der Waals surface area contributed by atoms with Crippen molar-refractivity contribution < 1.29 is 19.1 Å². The molecule has 1 unspecified atom stereocenters. The number of benzene rings is 2. The molecule has 0 radical (unpaired) electrons. The molecule has 0 spiro atoms. The topological polar surface area (TPSA) is 79.9 Å². The van der Waals surface area contributed by atoms with E-state index in [0.29, 0.717) is 11.6 Å². The smallest absolute Gasteiger partial charge is 0.407 e. The van der Waals surface area contributed by atoms with Gasteiger partial charge in [0.2, 0.25) is 0 Å². The van der Waals surface area contributed by atoms with Gasteiger partial charge in [0.05, 0.1) is 12.7 Å². The van der Waals surface area contributed by atoms with Gasteiger partial charge in [-0.3, -0.25) is 0 Å². The molecule has 7 nitrogen and oxygen atoms in total. The largest absolute Gasteiger partial charge is 0.465 e. The quantitative estimate of drug-likeness (QED) is 0.595. The summed E-state index contributed by atoms with van der Waals surface area (Å²) in [4.78, 5) is 26.5. The lowest BCUT2D eigenvalue weighted by Crippen LogP contribution is -2.57. The summed E-state index contributed by atoms with van der Waals surface area (Å²) in [7, 11) is 1.40. The minimum atomic E-state index is -0.349. The second-order valence-electron chi connectivity index (χ2n) is 9.19. The number of hydrogen-bond acceptors (Lipinski definition) is 6. The summed E-state index contributed by atoms with van der Waals surface area (Å²) in [5.74, 6) is -0.317. The highest BCUT2D eigenvalue weighted by Crippen LogP contribution is 2.24. The maximum Gasteiger partial charge on any atom is 0.407 e. The number of carbonyl (C=O) groups excluding carboxylic acids is 2. The lowest BCUT2D eigenvalue weighted by molar-refractivity contribution is 0.0600. The maximum absolute atomic E-state index is 12.5. The van der Waals surface area contributed by atoms with Gasteiger partial charge in [-0.15, -0.1) is 0 Å². The molecule has 1 amide bonds. The fourth-order valence-corrected chi connectivity index (χ4v) is 5.00. The number of piperidine rings is 1. The Bertz CT molecular complexity index is 935. The fourth-order valence-electron chi connectivity index (χ4n) is 5.00. The highest BCUT2D eigenvalue weighted by Gasteiger charge is 2.30. The van der Waals surface area contributed by atoms with Crippen LogP contribution in [-0.4, -0.2) is 50.4 Å². The van der Waals surface area contributed by atoms with Crippen LogP contribution in [0.1, 0.15) is 54.4 Å². The number of nitrogens with one attached hydrogen (secondary N) is 2. The Kier molecular flexibility index (Phi) is 8.41. The third-order valence-corrected chi connectivity index (χ3v) is 6.81. The molecule has 2 aromatic rings. The first kappa shape index (κ1) is 24.1. The van der Waals surface area contributed by atoms with Crippen molar-refractivity contribution in [2.24, 2.45) is 0 Å². The first-order valence-corrected chi connectivity index (χ1v) is 12.3. The second kappa shape index (κ2) is 11.9. The third-order valence-electron chi connectivity index (χ3n) is 6.81. The van der Waals surface area contributed by atoms with Crippen LogP contribution in [0.5, 0.6) is 0 Å². The van der Waals surface area contributed by atoms with Crippen molar-refractivity contribution in [3.05, 3.63) is 65.7 Å².